The number of aryl methyl sites for hydroxylation is 2. The second-order valence-electron chi connectivity index (χ2n) is 8.95. The number of hydrogen-bond donors (Lipinski definition) is 1. The summed E-state index contributed by atoms with van der Waals surface area (Å²) in [5.74, 6) is 0.537. The van der Waals surface area contributed by atoms with E-state index in [0.29, 0.717) is 33.4 Å². The number of fused-ring (bicyclic) bond motifs is 1. The Morgan fingerprint density at radius 3 is 2.64 bits per heavy atom. The molecule has 0 unspecified atom stereocenters. The standard InChI is InChI=1S/C24H27N5O3S/c1-14-11-17(27-29(14)18-9-7-8-10-19(18)32-6)21-15(2)25-23-28(22(21)31)16(13-33-23)12-20(30)26-24(3,4)5/h7-11,13H,12H2,1-6H3,(H,26,30). The first-order valence-electron chi connectivity index (χ1n) is 10.6. The predicted octanol–water partition coefficient (Wildman–Crippen LogP) is 3.69. The highest BCUT2D eigenvalue weighted by molar-refractivity contribution is 7.15. The average molecular weight is 466 g/mol. The van der Waals surface area contributed by atoms with Gasteiger partial charge in [-0.3, -0.25) is 14.0 Å². The second-order valence-corrected chi connectivity index (χ2v) is 9.79. The highest BCUT2D eigenvalue weighted by atomic mass is 32.1. The first-order valence-corrected chi connectivity index (χ1v) is 11.5. The molecule has 0 radical (unpaired) electrons. The Morgan fingerprint density at radius 2 is 1.94 bits per heavy atom. The van der Waals surface area contributed by atoms with Gasteiger partial charge in [0.05, 0.1) is 24.8 Å². The Kier molecular flexibility index (Phi) is 5.84. The lowest BCUT2D eigenvalue weighted by atomic mass is 10.1. The fraction of sp³-hybridized carbons (Fsp3) is 0.333. The van der Waals surface area contributed by atoms with Gasteiger partial charge in [-0.25, -0.2) is 9.67 Å². The molecule has 3 heterocycles. The number of benzene rings is 1. The van der Waals surface area contributed by atoms with Gasteiger partial charge < -0.3 is 10.1 Å². The van der Waals surface area contributed by atoms with Crippen LogP contribution in [-0.2, 0) is 11.2 Å². The normalized spacial score (nSPS) is 11.7. The molecule has 9 heteroatoms. The third-order valence-electron chi connectivity index (χ3n) is 5.13. The molecular weight excluding hydrogens is 438 g/mol. The zero-order chi connectivity index (χ0) is 23.9. The van der Waals surface area contributed by atoms with Crippen LogP contribution in [0.25, 0.3) is 21.9 Å². The zero-order valence-corrected chi connectivity index (χ0v) is 20.4. The highest BCUT2D eigenvalue weighted by Gasteiger charge is 2.21. The van der Waals surface area contributed by atoms with Crippen LogP contribution in [0.4, 0.5) is 0 Å². The van der Waals surface area contributed by atoms with E-state index in [1.54, 1.807) is 18.7 Å². The van der Waals surface area contributed by atoms with E-state index in [0.717, 1.165) is 11.4 Å². The zero-order valence-electron chi connectivity index (χ0n) is 19.6. The lowest BCUT2D eigenvalue weighted by Gasteiger charge is -2.20. The molecular formula is C24H27N5O3S. The number of rotatable bonds is 5. The summed E-state index contributed by atoms with van der Waals surface area (Å²) in [5, 5.41) is 9.47. The molecule has 0 spiro atoms. The van der Waals surface area contributed by atoms with Crippen molar-refractivity contribution in [2.24, 2.45) is 0 Å². The van der Waals surface area contributed by atoms with Gasteiger partial charge >= 0.3 is 0 Å². The number of carbonyl (C=O) groups excluding carboxylic acids is 1. The molecule has 172 valence electrons. The van der Waals surface area contributed by atoms with Crippen LogP contribution >= 0.6 is 11.3 Å². The average Bonchev–Trinajstić information content (AvgIpc) is 3.29. The second kappa shape index (κ2) is 8.47. The summed E-state index contributed by atoms with van der Waals surface area (Å²) in [6, 6.07) is 9.44. The third-order valence-corrected chi connectivity index (χ3v) is 6.01. The molecule has 0 atom stereocenters. The Morgan fingerprint density at radius 1 is 1.21 bits per heavy atom. The SMILES string of the molecule is COc1ccccc1-n1nc(-c2c(C)nc3scc(CC(=O)NC(C)(C)C)n3c2=O)cc1C. The van der Waals surface area contributed by atoms with Gasteiger partial charge in [0.25, 0.3) is 5.56 Å². The van der Waals surface area contributed by atoms with E-state index in [1.807, 2.05) is 63.4 Å². The van der Waals surface area contributed by atoms with Crippen molar-refractivity contribution in [3.63, 3.8) is 0 Å². The van der Waals surface area contributed by atoms with E-state index in [1.165, 1.54) is 15.7 Å². The van der Waals surface area contributed by atoms with Crippen molar-refractivity contribution in [2.45, 2.75) is 46.6 Å². The van der Waals surface area contributed by atoms with E-state index in [-0.39, 0.29) is 23.4 Å². The molecule has 0 aliphatic heterocycles. The van der Waals surface area contributed by atoms with Crippen LogP contribution < -0.4 is 15.6 Å². The number of para-hydroxylation sites is 2. The number of carbonyl (C=O) groups is 1. The Labute approximate surface area is 195 Å². The van der Waals surface area contributed by atoms with E-state index in [2.05, 4.69) is 10.3 Å². The van der Waals surface area contributed by atoms with Gasteiger partial charge in [0, 0.05) is 22.3 Å². The van der Waals surface area contributed by atoms with Crippen LogP contribution in [0.15, 0.2) is 40.5 Å². The van der Waals surface area contributed by atoms with Crippen molar-refractivity contribution >= 4 is 22.2 Å². The number of nitrogens with zero attached hydrogens (tertiary/aromatic N) is 4. The Balaban J connectivity index is 1.81. The van der Waals surface area contributed by atoms with E-state index < -0.39 is 0 Å². The number of aromatic nitrogens is 4. The van der Waals surface area contributed by atoms with Gasteiger partial charge in [0.1, 0.15) is 17.1 Å². The lowest BCUT2D eigenvalue weighted by Crippen LogP contribution is -2.41. The molecule has 0 bridgehead atoms. The fourth-order valence-electron chi connectivity index (χ4n) is 3.80. The van der Waals surface area contributed by atoms with Crippen molar-refractivity contribution in [1.82, 2.24) is 24.5 Å². The fourth-order valence-corrected chi connectivity index (χ4v) is 4.72. The van der Waals surface area contributed by atoms with Crippen LogP contribution in [0, 0.1) is 13.8 Å². The molecule has 33 heavy (non-hydrogen) atoms. The summed E-state index contributed by atoms with van der Waals surface area (Å²) < 4.78 is 8.75. The molecule has 0 saturated heterocycles. The monoisotopic (exact) mass is 465 g/mol. The molecule has 0 fully saturated rings. The maximum atomic E-state index is 13.6. The van der Waals surface area contributed by atoms with Crippen LogP contribution in [0.3, 0.4) is 0 Å². The molecule has 3 aromatic heterocycles. The predicted molar refractivity (Wildman–Crippen MR) is 130 cm³/mol. The van der Waals surface area contributed by atoms with E-state index in [9.17, 15) is 9.59 Å². The molecule has 4 aromatic rings. The molecule has 0 aliphatic rings. The molecule has 0 saturated carbocycles. The lowest BCUT2D eigenvalue weighted by molar-refractivity contribution is -0.121. The summed E-state index contributed by atoms with van der Waals surface area (Å²) in [6.45, 7) is 9.50. The number of ether oxygens (including phenoxy) is 1. The van der Waals surface area contributed by atoms with Crippen molar-refractivity contribution in [3.05, 3.63) is 63.1 Å². The minimum Gasteiger partial charge on any atom is -0.494 e. The maximum absolute atomic E-state index is 13.6. The summed E-state index contributed by atoms with van der Waals surface area (Å²) in [4.78, 5) is 31.3. The van der Waals surface area contributed by atoms with Gasteiger partial charge in [0.2, 0.25) is 5.91 Å². The first kappa shape index (κ1) is 22.7. The van der Waals surface area contributed by atoms with Crippen LogP contribution in [0.2, 0.25) is 0 Å². The van der Waals surface area contributed by atoms with Crippen LogP contribution in [-0.4, -0.2) is 37.7 Å². The largest absolute Gasteiger partial charge is 0.494 e. The van der Waals surface area contributed by atoms with Crippen molar-refractivity contribution in [1.29, 1.82) is 0 Å². The number of thiazole rings is 1. The summed E-state index contributed by atoms with van der Waals surface area (Å²) in [5.41, 5.74) is 3.20. The molecule has 1 N–H and O–H groups in total. The number of amides is 1. The van der Waals surface area contributed by atoms with Gasteiger partial charge in [-0.15, -0.1) is 11.3 Å². The summed E-state index contributed by atoms with van der Waals surface area (Å²) in [6.07, 6.45) is 0.0933. The molecule has 4 rings (SSSR count). The number of nitrogens with one attached hydrogen (secondary N) is 1. The first-order chi connectivity index (χ1) is 15.6. The van der Waals surface area contributed by atoms with Gasteiger partial charge in [-0.05, 0) is 52.8 Å². The van der Waals surface area contributed by atoms with E-state index in [4.69, 9.17) is 9.84 Å². The van der Waals surface area contributed by atoms with Gasteiger partial charge in [-0.1, -0.05) is 12.1 Å². The van der Waals surface area contributed by atoms with Crippen molar-refractivity contribution < 1.29 is 9.53 Å². The molecule has 0 aliphatic carbocycles. The highest BCUT2D eigenvalue weighted by Crippen LogP contribution is 2.27. The molecule has 1 amide bonds. The van der Waals surface area contributed by atoms with E-state index >= 15 is 0 Å². The number of hydrogen-bond acceptors (Lipinski definition) is 6. The summed E-state index contributed by atoms with van der Waals surface area (Å²) in [7, 11) is 1.61. The Bertz CT molecular complexity index is 1410. The molecule has 8 nitrogen and oxygen atoms in total. The summed E-state index contributed by atoms with van der Waals surface area (Å²) >= 11 is 1.35. The topological polar surface area (TPSA) is 90.5 Å². The third kappa shape index (κ3) is 4.41. The Hall–Kier alpha value is -3.46. The van der Waals surface area contributed by atoms with Crippen molar-refractivity contribution in [2.75, 3.05) is 7.11 Å². The maximum Gasteiger partial charge on any atom is 0.268 e. The minimum atomic E-state index is -0.350. The van der Waals surface area contributed by atoms with Crippen molar-refractivity contribution in [3.8, 4) is 22.7 Å². The minimum absolute atomic E-state index is 0.0933. The van der Waals surface area contributed by atoms with Crippen LogP contribution in [0.5, 0.6) is 5.75 Å². The van der Waals surface area contributed by atoms with Gasteiger partial charge in [-0.2, -0.15) is 5.10 Å². The quantitative estimate of drug-likeness (QED) is 0.485. The molecule has 1 aromatic carbocycles. The van der Waals surface area contributed by atoms with Gasteiger partial charge in [0.15, 0.2) is 4.96 Å². The van der Waals surface area contributed by atoms with Crippen LogP contribution in [0.1, 0.15) is 37.9 Å². The smallest absolute Gasteiger partial charge is 0.268 e. The number of methoxy groups -OCH3 is 1.